The van der Waals surface area contributed by atoms with Crippen LogP contribution in [0.15, 0.2) is 78.9 Å². The van der Waals surface area contributed by atoms with Gasteiger partial charge in [-0.2, -0.15) is 0 Å². The zero-order valence-corrected chi connectivity index (χ0v) is 17.5. The molecule has 1 saturated heterocycles. The third kappa shape index (κ3) is 5.70. The fourth-order valence-corrected chi connectivity index (χ4v) is 4.33. The maximum Gasteiger partial charge on any atom is 0.123 e. The Hall–Kier alpha value is -2.65. The molecule has 0 spiro atoms. The van der Waals surface area contributed by atoms with Crippen molar-refractivity contribution < 1.29 is 9.13 Å². The van der Waals surface area contributed by atoms with Gasteiger partial charge in [-0.3, -0.25) is 0 Å². The first kappa shape index (κ1) is 20.6. The van der Waals surface area contributed by atoms with E-state index in [9.17, 15) is 4.39 Å². The quantitative estimate of drug-likeness (QED) is 0.414. The molecule has 1 aliphatic heterocycles. The minimum absolute atomic E-state index is 0.183. The van der Waals surface area contributed by atoms with Crippen molar-refractivity contribution in [3.05, 3.63) is 90.2 Å². The highest BCUT2D eigenvalue weighted by Gasteiger charge is 2.20. The Kier molecular flexibility index (Phi) is 7.15. The molecule has 0 atom stereocenters. The zero-order chi connectivity index (χ0) is 20.6. The van der Waals surface area contributed by atoms with Gasteiger partial charge in [0.25, 0.3) is 0 Å². The Morgan fingerprint density at radius 1 is 0.833 bits per heavy atom. The molecule has 0 N–H and O–H groups in total. The van der Waals surface area contributed by atoms with E-state index in [0.29, 0.717) is 5.92 Å². The van der Waals surface area contributed by atoms with Gasteiger partial charge in [0.15, 0.2) is 0 Å². The maximum atomic E-state index is 13.3. The summed E-state index contributed by atoms with van der Waals surface area (Å²) in [5.41, 5.74) is 3.71. The molecule has 0 amide bonds. The van der Waals surface area contributed by atoms with Gasteiger partial charge in [0.05, 0.1) is 6.61 Å². The third-order valence-corrected chi connectivity index (χ3v) is 6.02. The number of rotatable bonds is 8. The van der Waals surface area contributed by atoms with E-state index in [1.807, 2.05) is 42.5 Å². The molecule has 0 radical (unpaired) electrons. The predicted molar refractivity (Wildman–Crippen MR) is 121 cm³/mol. The summed E-state index contributed by atoms with van der Waals surface area (Å²) in [4.78, 5) is 2.57. The standard InChI is InChI=1S/C27H30FNO/c28-25-13-11-23(12-14-25)27-10-5-4-7-24(27)21-22-15-18-29(19-16-22)17-6-20-30-26-8-2-1-3-9-26/h1-5,7-14,22H,6,15-21H2. The molecule has 0 unspecified atom stereocenters. The largest absolute Gasteiger partial charge is 0.494 e. The summed E-state index contributed by atoms with van der Waals surface area (Å²) in [5, 5.41) is 0. The number of nitrogens with zero attached hydrogens (tertiary/aromatic N) is 1. The lowest BCUT2D eigenvalue weighted by Crippen LogP contribution is -2.35. The molecule has 1 fully saturated rings. The highest BCUT2D eigenvalue weighted by atomic mass is 19.1. The van der Waals surface area contributed by atoms with Crippen LogP contribution in [0.5, 0.6) is 5.75 Å². The van der Waals surface area contributed by atoms with Crippen molar-refractivity contribution in [2.45, 2.75) is 25.7 Å². The molecule has 1 heterocycles. The molecule has 0 bridgehead atoms. The molecule has 3 aromatic carbocycles. The molecular formula is C27H30FNO. The maximum absolute atomic E-state index is 13.3. The lowest BCUT2D eigenvalue weighted by molar-refractivity contribution is 0.170. The topological polar surface area (TPSA) is 12.5 Å². The number of halogens is 1. The average molecular weight is 404 g/mol. The summed E-state index contributed by atoms with van der Waals surface area (Å²) in [7, 11) is 0. The van der Waals surface area contributed by atoms with Gasteiger partial charge in [-0.1, -0.05) is 54.6 Å². The molecule has 3 aromatic rings. The van der Waals surface area contributed by atoms with Crippen LogP contribution in [0.2, 0.25) is 0 Å². The number of para-hydroxylation sites is 1. The highest BCUT2D eigenvalue weighted by molar-refractivity contribution is 5.67. The Balaban J connectivity index is 1.24. The van der Waals surface area contributed by atoms with Gasteiger partial charge in [-0.05, 0) is 85.6 Å². The summed E-state index contributed by atoms with van der Waals surface area (Å²) >= 11 is 0. The van der Waals surface area contributed by atoms with E-state index < -0.39 is 0 Å². The van der Waals surface area contributed by atoms with Gasteiger partial charge >= 0.3 is 0 Å². The van der Waals surface area contributed by atoms with Gasteiger partial charge in [-0.25, -0.2) is 4.39 Å². The number of hydrogen-bond acceptors (Lipinski definition) is 2. The minimum atomic E-state index is -0.183. The molecular weight excluding hydrogens is 373 g/mol. The van der Waals surface area contributed by atoms with Crippen molar-refractivity contribution >= 4 is 0 Å². The molecule has 4 rings (SSSR count). The lowest BCUT2D eigenvalue weighted by Gasteiger charge is -2.32. The molecule has 2 nitrogen and oxygen atoms in total. The van der Waals surface area contributed by atoms with E-state index in [4.69, 9.17) is 4.74 Å². The van der Waals surface area contributed by atoms with Crippen LogP contribution in [0.1, 0.15) is 24.8 Å². The van der Waals surface area contributed by atoms with Crippen molar-refractivity contribution in [3.8, 4) is 16.9 Å². The second kappa shape index (κ2) is 10.4. The molecule has 0 aromatic heterocycles. The van der Waals surface area contributed by atoms with Crippen LogP contribution in [0.4, 0.5) is 4.39 Å². The van der Waals surface area contributed by atoms with E-state index in [2.05, 4.69) is 29.2 Å². The van der Waals surface area contributed by atoms with E-state index in [0.717, 1.165) is 50.4 Å². The van der Waals surface area contributed by atoms with Crippen LogP contribution in [-0.2, 0) is 6.42 Å². The first-order valence-electron chi connectivity index (χ1n) is 11.0. The van der Waals surface area contributed by atoms with Crippen LogP contribution in [-0.4, -0.2) is 31.1 Å². The second-order valence-electron chi connectivity index (χ2n) is 8.17. The SMILES string of the molecule is Fc1ccc(-c2ccccc2CC2CCN(CCCOc3ccccc3)CC2)cc1. The van der Waals surface area contributed by atoms with Crippen molar-refractivity contribution in [1.82, 2.24) is 4.90 Å². The molecule has 0 aliphatic carbocycles. The molecule has 156 valence electrons. The van der Waals surface area contributed by atoms with E-state index in [-0.39, 0.29) is 5.82 Å². The number of hydrogen-bond donors (Lipinski definition) is 0. The Bertz CT molecular complexity index is 902. The second-order valence-corrected chi connectivity index (χ2v) is 8.17. The normalized spacial score (nSPS) is 15.2. The Morgan fingerprint density at radius 2 is 1.53 bits per heavy atom. The minimum Gasteiger partial charge on any atom is -0.494 e. The smallest absolute Gasteiger partial charge is 0.123 e. The average Bonchev–Trinajstić information content (AvgIpc) is 2.80. The number of benzene rings is 3. The van der Waals surface area contributed by atoms with Crippen LogP contribution in [0, 0.1) is 11.7 Å². The van der Waals surface area contributed by atoms with E-state index in [1.165, 1.54) is 24.0 Å². The van der Waals surface area contributed by atoms with Gasteiger partial charge < -0.3 is 9.64 Å². The number of piperidine rings is 1. The predicted octanol–water partition coefficient (Wildman–Crippen LogP) is 6.22. The fraction of sp³-hybridized carbons (Fsp3) is 0.333. The van der Waals surface area contributed by atoms with Crippen LogP contribution >= 0.6 is 0 Å². The monoisotopic (exact) mass is 403 g/mol. The van der Waals surface area contributed by atoms with Crippen molar-refractivity contribution in [2.24, 2.45) is 5.92 Å². The van der Waals surface area contributed by atoms with Gasteiger partial charge in [0, 0.05) is 6.54 Å². The van der Waals surface area contributed by atoms with Gasteiger partial charge in [-0.15, -0.1) is 0 Å². The Labute approximate surface area is 179 Å². The van der Waals surface area contributed by atoms with Crippen molar-refractivity contribution in [2.75, 3.05) is 26.2 Å². The molecule has 3 heteroatoms. The van der Waals surface area contributed by atoms with Gasteiger partial charge in [0.1, 0.15) is 11.6 Å². The number of likely N-dealkylation sites (tertiary alicyclic amines) is 1. The zero-order valence-electron chi connectivity index (χ0n) is 17.5. The molecule has 30 heavy (non-hydrogen) atoms. The summed E-state index contributed by atoms with van der Waals surface area (Å²) in [6.07, 6.45) is 4.63. The van der Waals surface area contributed by atoms with Gasteiger partial charge in [0.2, 0.25) is 0 Å². The highest BCUT2D eigenvalue weighted by Crippen LogP contribution is 2.29. The molecule has 1 aliphatic rings. The van der Waals surface area contributed by atoms with Crippen LogP contribution < -0.4 is 4.74 Å². The third-order valence-electron chi connectivity index (χ3n) is 6.02. The van der Waals surface area contributed by atoms with E-state index >= 15 is 0 Å². The lowest BCUT2D eigenvalue weighted by atomic mass is 9.87. The first-order valence-corrected chi connectivity index (χ1v) is 11.0. The van der Waals surface area contributed by atoms with Crippen LogP contribution in [0.3, 0.4) is 0 Å². The summed E-state index contributed by atoms with van der Waals surface area (Å²) in [5.74, 6) is 1.48. The summed E-state index contributed by atoms with van der Waals surface area (Å²) in [6.45, 7) is 4.20. The molecule has 0 saturated carbocycles. The first-order chi connectivity index (χ1) is 14.8. The Morgan fingerprint density at radius 3 is 2.30 bits per heavy atom. The fourth-order valence-electron chi connectivity index (χ4n) is 4.33. The summed E-state index contributed by atoms with van der Waals surface area (Å²) < 4.78 is 19.1. The summed E-state index contributed by atoms with van der Waals surface area (Å²) in [6, 6.07) is 25.5. The van der Waals surface area contributed by atoms with Crippen LogP contribution in [0.25, 0.3) is 11.1 Å². The van der Waals surface area contributed by atoms with Crippen molar-refractivity contribution in [1.29, 1.82) is 0 Å². The van der Waals surface area contributed by atoms with Crippen molar-refractivity contribution in [3.63, 3.8) is 0 Å². The number of ether oxygens (including phenoxy) is 1. The van der Waals surface area contributed by atoms with E-state index in [1.54, 1.807) is 12.1 Å².